The third-order valence-corrected chi connectivity index (χ3v) is 3.97. The van der Waals surface area contributed by atoms with Crippen LogP contribution in [0.25, 0.3) is 0 Å². The molecule has 2 aliphatic rings. The minimum absolute atomic E-state index is 0.405. The molecule has 1 heterocycles. The Kier molecular flexibility index (Phi) is 5.32. The standard InChI is InChI=1S/C15H18N2O7/c1-8(12(19)16-15(22)23-2)24-11(18)7-17-13(20)9-5-3-4-6-10(9)14(17)21/h3-4,8-10H,5-7H2,1-2H3,(H,16,19,22)/t8-,9-,10+/m1/s1. The second-order valence-corrected chi connectivity index (χ2v) is 5.53. The number of carbonyl (C=O) groups is 5. The van der Waals surface area contributed by atoms with Crippen LogP contribution in [-0.2, 0) is 28.7 Å². The summed E-state index contributed by atoms with van der Waals surface area (Å²) in [6, 6.07) is 0. The Balaban J connectivity index is 1.90. The summed E-state index contributed by atoms with van der Waals surface area (Å²) in [6.07, 6.45) is 2.37. The monoisotopic (exact) mass is 338 g/mol. The number of hydrogen-bond acceptors (Lipinski definition) is 7. The van der Waals surface area contributed by atoms with Gasteiger partial charge in [-0.05, 0) is 19.8 Å². The van der Waals surface area contributed by atoms with Crippen LogP contribution < -0.4 is 5.32 Å². The third-order valence-electron chi connectivity index (χ3n) is 3.97. The minimum atomic E-state index is -1.27. The summed E-state index contributed by atoms with van der Waals surface area (Å²) in [5.74, 6) is -3.45. The van der Waals surface area contributed by atoms with Gasteiger partial charge in [0.25, 0.3) is 5.91 Å². The molecule has 0 radical (unpaired) electrons. The summed E-state index contributed by atoms with van der Waals surface area (Å²) in [5.41, 5.74) is 0. The van der Waals surface area contributed by atoms with E-state index in [-0.39, 0.29) is 0 Å². The first-order valence-corrected chi connectivity index (χ1v) is 7.43. The van der Waals surface area contributed by atoms with E-state index in [0.717, 1.165) is 12.0 Å². The molecular weight excluding hydrogens is 320 g/mol. The Morgan fingerprint density at radius 1 is 1.21 bits per heavy atom. The molecule has 3 atom stereocenters. The van der Waals surface area contributed by atoms with Crippen molar-refractivity contribution in [2.24, 2.45) is 11.8 Å². The van der Waals surface area contributed by atoms with Crippen molar-refractivity contribution in [2.75, 3.05) is 13.7 Å². The van der Waals surface area contributed by atoms with E-state index in [1.165, 1.54) is 6.92 Å². The lowest BCUT2D eigenvalue weighted by Gasteiger charge is -2.16. The second kappa shape index (κ2) is 7.24. The van der Waals surface area contributed by atoms with Crippen molar-refractivity contribution in [1.82, 2.24) is 10.2 Å². The number of ether oxygens (including phenoxy) is 2. The van der Waals surface area contributed by atoms with E-state index < -0.39 is 54.3 Å². The Morgan fingerprint density at radius 3 is 2.25 bits per heavy atom. The Labute approximate surface area is 137 Å². The highest BCUT2D eigenvalue weighted by Crippen LogP contribution is 2.34. The Bertz CT molecular complexity index is 587. The van der Waals surface area contributed by atoms with Crippen molar-refractivity contribution in [2.45, 2.75) is 25.9 Å². The number of fused-ring (bicyclic) bond motifs is 1. The zero-order valence-electron chi connectivity index (χ0n) is 13.3. The van der Waals surface area contributed by atoms with E-state index in [1.54, 1.807) is 0 Å². The maximum absolute atomic E-state index is 12.2. The number of nitrogens with one attached hydrogen (secondary N) is 1. The summed E-state index contributed by atoms with van der Waals surface area (Å²) in [5, 5.41) is 1.85. The maximum Gasteiger partial charge on any atom is 0.413 e. The minimum Gasteiger partial charge on any atom is -0.453 e. The first-order valence-electron chi connectivity index (χ1n) is 7.43. The SMILES string of the molecule is COC(=O)NC(=O)[C@@H](C)OC(=O)CN1C(=O)[C@H]2CC=CC[C@H]2C1=O. The number of carbonyl (C=O) groups excluding carboxylic acids is 5. The average Bonchev–Trinajstić information content (AvgIpc) is 2.80. The first kappa shape index (κ1) is 17.6. The molecule has 1 saturated heterocycles. The fourth-order valence-corrected chi connectivity index (χ4v) is 2.70. The number of hydrogen-bond donors (Lipinski definition) is 1. The van der Waals surface area contributed by atoms with Gasteiger partial charge in [0, 0.05) is 0 Å². The van der Waals surface area contributed by atoms with Crippen molar-refractivity contribution >= 4 is 29.8 Å². The van der Waals surface area contributed by atoms with Gasteiger partial charge in [0.1, 0.15) is 6.54 Å². The van der Waals surface area contributed by atoms with E-state index in [2.05, 4.69) is 4.74 Å². The van der Waals surface area contributed by atoms with Crippen molar-refractivity contribution in [3.05, 3.63) is 12.2 Å². The van der Waals surface area contributed by atoms with Crippen LogP contribution in [0.4, 0.5) is 4.79 Å². The molecule has 1 aliphatic carbocycles. The summed E-state index contributed by atoms with van der Waals surface area (Å²) in [7, 11) is 1.08. The fraction of sp³-hybridized carbons (Fsp3) is 0.533. The quantitative estimate of drug-likeness (QED) is 0.426. The Hall–Kier alpha value is -2.71. The number of likely N-dealkylation sites (tertiary alicyclic amines) is 1. The van der Waals surface area contributed by atoms with Gasteiger partial charge < -0.3 is 9.47 Å². The number of methoxy groups -OCH3 is 1. The van der Waals surface area contributed by atoms with Crippen molar-refractivity contribution in [1.29, 1.82) is 0 Å². The second-order valence-electron chi connectivity index (χ2n) is 5.53. The van der Waals surface area contributed by atoms with Gasteiger partial charge in [0.05, 0.1) is 18.9 Å². The summed E-state index contributed by atoms with van der Waals surface area (Å²) in [4.78, 5) is 59.7. The lowest BCUT2D eigenvalue weighted by atomic mass is 9.85. The normalized spacial score (nSPS) is 23.5. The van der Waals surface area contributed by atoms with Gasteiger partial charge in [-0.1, -0.05) is 12.2 Å². The van der Waals surface area contributed by atoms with Gasteiger partial charge in [-0.3, -0.25) is 29.4 Å². The van der Waals surface area contributed by atoms with Gasteiger partial charge in [0.2, 0.25) is 11.8 Å². The number of amides is 4. The molecule has 9 nitrogen and oxygen atoms in total. The van der Waals surface area contributed by atoms with Gasteiger partial charge in [0.15, 0.2) is 6.10 Å². The molecule has 0 aromatic carbocycles. The van der Waals surface area contributed by atoms with Gasteiger partial charge >= 0.3 is 12.1 Å². The summed E-state index contributed by atoms with van der Waals surface area (Å²) in [6.45, 7) is 0.702. The number of alkyl carbamates (subject to hydrolysis) is 1. The molecule has 4 amide bonds. The molecule has 1 N–H and O–H groups in total. The summed E-state index contributed by atoms with van der Waals surface area (Å²) >= 11 is 0. The first-order chi connectivity index (χ1) is 11.3. The molecule has 1 aliphatic heterocycles. The number of nitrogens with zero attached hydrogens (tertiary/aromatic N) is 1. The van der Waals surface area contributed by atoms with Crippen LogP contribution in [-0.4, -0.2) is 54.4 Å². The van der Waals surface area contributed by atoms with Crippen LogP contribution in [0.2, 0.25) is 0 Å². The zero-order valence-corrected chi connectivity index (χ0v) is 13.3. The lowest BCUT2D eigenvalue weighted by molar-refractivity contribution is -0.159. The van der Waals surface area contributed by atoms with Crippen LogP contribution >= 0.6 is 0 Å². The van der Waals surface area contributed by atoms with Crippen LogP contribution in [0, 0.1) is 11.8 Å². The topological polar surface area (TPSA) is 119 Å². The molecule has 0 spiro atoms. The van der Waals surface area contributed by atoms with E-state index >= 15 is 0 Å². The van der Waals surface area contributed by atoms with Crippen molar-refractivity contribution in [3.8, 4) is 0 Å². The van der Waals surface area contributed by atoms with Crippen molar-refractivity contribution in [3.63, 3.8) is 0 Å². The predicted octanol–water partition coefficient (Wildman–Crippen LogP) is -0.248. The molecule has 1 fully saturated rings. The molecule has 0 unspecified atom stereocenters. The van der Waals surface area contributed by atoms with E-state index in [1.807, 2.05) is 17.5 Å². The zero-order chi connectivity index (χ0) is 17.9. The molecule has 24 heavy (non-hydrogen) atoms. The predicted molar refractivity (Wildman–Crippen MR) is 78.2 cm³/mol. The molecule has 0 aromatic heterocycles. The van der Waals surface area contributed by atoms with Crippen molar-refractivity contribution < 1.29 is 33.4 Å². The highest BCUT2D eigenvalue weighted by Gasteiger charge is 2.47. The van der Waals surface area contributed by atoms with E-state index in [4.69, 9.17) is 4.74 Å². The lowest BCUT2D eigenvalue weighted by Crippen LogP contribution is -2.42. The van der Waals surface area contributed by atoms with Crippen LogP contribution in [0.5, 0.6) is 0 Å². The number of allylic oxidation sites excluding steroid dienone is 2. The van der Waals surface area contributed by atoms with Crippen LogP contribution in [0.15, 0.2) is 12.2 Å². The molecule has 0 saturated carbocycles. The highest BCUT2D eigenvalue weighted by molar-refractivity contribution is 6.07. The van der Waals surface area contributed by atoms with E-state index in [0.29, 0.717) is 12.8 Å². The molecule has 0 bridgehead atoms. The number of esters is 1. The maximum atomic E-state index is 12.2. The molecule has 130 valence electrons. The number of imide groups is 2. The fourth-order valence-electron chi connectivity index (χ4n) is 2.70. The third kappa shape index (κ3) is 3.61. The molecular formula is C15H18N2O7. The molecule has 9 heteroatoms. The van der Waals surface area contributed by atoms with Crippen LogP contribution in [0.1, 0.15) is 19.8 Å². The van der Waals surface area contributed by atoms with E-state index in [9.17, 15) is 24.0 Å². The summed E-state index contributed by atoms with van der Waals surface area (Å²) < 4.78 is 9.10. The smallest absolute Gasteiger partial charge is 0.413 e. The molecule has 2 rings (SSSR count). The Morgan fingerprint density at radius 2 is 1.75 bits per heavy atom. The highest BCUT2D eigenvalue weighted by atomic mass is 16.6. The number of rotatable bonds is 4. The molecule has 0 aromatic rings. The average molecular weight is 338 g/mol. The van der Waals surface area contributed by atoms with Gasteiger partial charge in [-0.2, -0.15) is 0 Å². The van der Waals surface area contributed by atoms with Gasteiger partial charge in [-0.25, -0.2) is 4.79 Å². The van der Waals surface area contributed by atoms with Crippen LogP contribution in [0.3, 0.4) is 0 Å². The van der Waals surface area contributed by atoms with Gasteiger partial charge in [-0.15, -0.1) is 0 Å². The largest absolute Gasteiger partial charge is 0.453 e.